The first-order chi connectivity index (χ1) is 15.0. The first-order valence-corrected chi connectivity index (χ1v) is 10.4. The maximum atomic E-state index is 13.2. The SMILES string of the molecule is COCO[C@@H]1C[C@H](CC=CC(=O)OC)OC(=O)c2c(cccc2OC)CC=CC[C@@H]1C. The zero-order valence-electron chi connectivity index (χ0n) is 18.7. The van der Waals surface area contributed by atoms with E-state index in [1.807, 2.05) is 18.2 Å². The van der Waals surface area contributed by atoms with Crippen molar-refractivity contribution in [2.24, 2.45) is 5.92 Å². The highest BCUT2D eigenvalue weighted by molar-refractivity contribution is 5.94. The van der Waals surface area contributed by atoms with Crippen LogP contribution < -0.4 is 4.74 Å². The Morgan fingerprint density at radius 1 is 1.23 bits per heavy atom. The molecule has 1 aliphatic heterocycles. The van der Waals surface area contributed by atoms with E-state index >= 15 is 0 Å². The van der Waals surface area contributed by atoms with Crippen LogP contribution in [0, 0.1) is 5.92 Å². The lowest BCUT2D eigenvalue weighted by Crippen LogP contribution is -2.31. The van der Waals surface area contributed by atoms with Crippen LogP contribution in [0.3, 0.4) is 0 Å². The number of carbonyl (C=O) groups excluding carboxylic acids is 2. The van der Waals surface area contributed by atoms with Gasteiger partial charge < -0.3 is 23.7 Å². The van der Waals surface area contributed by atoms with E-state index < -0.39 is 18.0 Å². The largest absolute Gasteiger partial charge is 0.496 e. The number of methoxy groups -OCH3 is 3. The van der Waals surface area contributed by atoms with Crippen molar-refractivity contribution in [3.63, 3.8) is 0 Å². The topological polar surface area (TPSA) is 80.3 Å². The van der Waals surface area contributed by atoms with Crippen molar-refractivity contribution in [3.05, 3.63) is 53.6 Å². The zero-order chi connectivity index (χ0) is 22.6. The van der Waals surface area contributed by atoms with Crippen molar-refractivity contribution in [2.45, 2.75) is 44.8 Å². The van der Waals surface area contributed by atoms with Crippen LogP contribution in [0.4, 0.5) is 0 Å². The van der Waals surface area contributed by atoms with E-state index in [0.717, 1.165) is 12.0 Å². The maximum absolute atomic E-state index is 13.2. The maximum Gasteiger partial charge on any atom is 0.342 e. The average molecular weight is 433 g/mol. The van der Waals surface area contributed by atoms with Crippen LogP contribution in [0.1, 0.15) is 42.1 Å². The third-order valence-corrected chi connectivity index (χ3v) is 5.21. The Morgan fingerprint density at radius 2 is 2.03 bits per heavy atom. The lowest BCUT2D eigenvalue weighted by molar-refractivity contribution is -0.134. The Labute approximate surface area is 184 Å². The lowest BCUT2D eigenvalue weighted by Gasteiger charge is -2.28. The van der Waals surface area contributed by atoms with Gasteiger partial charge in [0, 0.05) is 26.0 Å². The van der Waals surface area contributed by atoms with Gasteiger partial charge in [0.1, 0.15) is 24.2 Å². The molecule has 0 radical (unpaired) electrons. The van der Waals surface area contributed by atoms with Crippen LogP contribution in [-0.2, 0) is 30.2 Å². The normalized spacial score (nSPS) is 22.2. The number of fused-ring (bicyclic) bond motifs is 1. The second-order valence-electron chi connectivity index (χ2n) is 7.42. The molecule has 0 amide bonds. The van der Waals surface area contributed by atoms with Gasteiger partial charge in [-0.15, -0.1) is 0 Å². The summed E-state index contributed by atoms with van der Waals surface area (Å²) in [4.78, 5) is 24.6. The van der Waals surface area contributed by atoms with Gasteiger partial charge in [0.2, 0.25) is 0 Å². The Morgan fingerprint density at radius 3 is 2.74 bits per heavy atom. The summed E-state index contributed by atoms with van der Waals surface area (Å²) in [5, 5.41) is 0. The highest BCUT2D eigenvalue weighted by Crippen LogP contribution is 2.28. The fourth-order valence-corrected chi connectivity index (χ4v) is 3.49. The minimum atomic E-state index is -0.501. The second-order valence-corrected chi connectivity index (χ2v) is 7.42. The molecular formula is C24H32O7. The molecule has 0 aromatic heterocycles. The summed E-state index contributed by atoms with van der Waals surface area (Å²) in [6.07, 6.45) is 8.65. The van der Waals surface area contributed by atoms with Crippen molar-refractivity contribution in [1.29, 1.82) is 0 Å². The van der Waals surface area contributed by atoms with E-state index in [9.17, 15) is 9.59 Å². The molecule has 2 rings (SSSR count). The summed E-state index contributed by atoms with van der Waals surface area (Å²) in [6.45, 7) is 2.24. The molecule has 7 nitrogen and oxygen atoms in total. The molecule has 170 valence electrons. The Kier molecular flexibility index (Phi) is 10.3. The standard InChI is InChI=1S/C24H32O7/c1-17-9-5-6-10-18-11-7-13-20(28-3)23(18)24(26)31-19(12-8-14-22(25)29-4)15-21(17)30-16-27-2/h5-8,11,13-14,17,19,21H,9-10,12,15-16H2,1-4H3/t17-,19-,21+/m0/s1. The molecule has 0 saturated heterocycles. The minimum absolute atomic E-state index is 0.147. The summed E-state index contributed by atoms with van der Waals surface area (Å²) in [7, 11) is 4.41. The summed E-state index contributed by atoms with van der Waals surface area (Å²) in [5.41, 5.74) is 1.25. The van der Waals surface area contributed by atoms with Gasteiger partial charge in [-0.25, -0.2) is 9.59 Å². The van der Waals surface area contributed by atoms with Gasteiger partial charge >= 0.3 is 11.9 Å². The van der Waals surface area contributed by atoms with Gasteiger partial charge in [0.15, 0.2) is 0 Å². The Bertz CT molecular complexity index is 784. The highest BCUT2D eigenvalue weighted by Gasteiger charge is 2.27. The molecule has 0 saturated carbocycles. The Balaban J connectivity index is 2.36. The fourth-order valence-electron chi connectivity index (χ4n) is 3.49. The number of ether oxygens (including phenoxy) is 5. The second kappa shape index (κ2) is 12.9. The first-order valence-electron chi connectivity index (χ1n) is 10.4. The molecule has 0 spiro atoms. The van der Waals surface area contributed by atoms with Crippen LogP contribution in [-0.4, -0.2) is 52.3 Å². The number of rotatable bonds is 7. The number of hydrogen-bond donors (Lipinski definition) is 0. The van der Waals surface area contributed by atoms with Gasteiger partial charge in [-0.2, -0.15) is 0 Å². The number of cyclic esters (lactones) is 1. The number of carbonyl (C=O) groups is 2. The van der Waals surface area contributed by atoms with E-state index in [0.29, 0.717) is 30.6 Å². The number of hydrogen-bond acceptors (Lipinski definition) is 7. The molecular weight excluding hydrogens is 400 g/mol. The molecule has 31 heavy (non-hydrogen) atoms. The van der Waals surface area contributed by atoms with Crippen molar-refractivity contribution >= 4 is 11.9 Å². The predicted molar refractivity (Wildman–Crippen MR) is 116 cm³/mol. The summed E-state index contributed by atoms with van der Waals surface area (Å²) >= 11 is 0. The van der Waals surface area contributed by atoms with Gasteiger partial charge in [0.05, 0.1) is 20.3 Å². The molecule has 1 aliphatic rings. The van der Waals surface area contributed by atoms with E-state index in [4.69, 9.17) is 18.9 Å². The third kappa shape index (κ3) is 7.52. The van der Waals surface area contributed by atoms with E-state index in [-0.39, 0.29) is 18.8 Å². The summed E-state index contributed by atoms with van der Waals surface area (Å²) in [5.74, 6) is -0.271. The van der Waals surface area contributed by atoms with Gasteiger partial charge in [-0.3, -0.25) is 0 Å². The van der Waals surface area contributed by atoms with Crippen LogP contribution in [0.5, 0.6) is 5.75 Å². The fraction of sp³-hybridized carbons (Fsp3) is 0.500. The van der Waals surface area contributed by atoms with Crippen molar-refractivity contribution in [2.75, 3.05) is 28.1 Å². The summed E-state index contributed by atoms with van der Waals surface area (Å²) < 4.78 is 26.9. The molecule has 0 bridgehead atoms. The molecule has 7 heteroatoms. The number of allylic oxidation sites excluding steroid dienone is 2. The molecule has 1 aromatic carbocycles. The molecule has 0 N–H and O–H groups in total. The van der Waals surface area contributed by atoms with Gasteiger partial charge in [-0.05, 0) is 30.4 Å². The van der Waals surface area contributed by atoms with Crippen LogP contribution in [0.25, 0.3) is 0 Å². The molecule has 1 heterocycles. The average Bonchev–Trinajstić information content (AvgIpc) is 2.77. The molecule has 0 unspecified atom stereocenters. The van der Waals surface area contributed by atoms with Crippen molar-refractivity contribution in [3.8, 4) is 5.75 Å². The van der Waals surface area contributed by atoms with Crippen molar-refractivity contribution < 1.29 is 33.3 Å². The number of benzene rings is 1. The highest BCUT2D eigenvalue weighted by atomic mass is 16.7. The van der Waals surface area contributed by atoms with E-state index in [1.165, 1.54) is 20.3 Å². The molecule has 0 fully saturated rings. The summed E-state index contributed by atoms with van der Waals surface area (Å²) in [6, 6.07) is 5.50. The molecule has 3 atom stereocenters. The van der Waals surface area contributed by atoms with E-state index in [2.05, 4.69) is 17.7 Å². The predicted octanol–water partition coefficient (Wildman–Crippen LogP) is 3.86. The zero-order valence-corrected chi connectivity index (χ0v) is 18.7. The smallest absolute Gasteiger partial charge is 0.342 e. The molecule has 1 aromatic rings. The Hall–Kier alpha value is -2.64. The number of esters is 2. The third-order valence-electron chi connectivity index (χ3n) is 5.21. The van der Waals surface area contributed by atoms with Crippen LogP contribution >= 0.6 is 0 Å². The van der Waals surface area contributed by atoms with Gasteiger partial charge in [0.25, 0.3) is 0 Å². The van der Waals surface area contributed by atoms with E-state index in [1.54, 1.807) is 19.3 Å². The van der Waals surface area contributed by atoms with Gasteiger partial charge in [-0.1, -0.05) is 37.3 Å². The van der Waals surface area contributed by atoms with Crippen molar-refractivity contribution in [1.82, 2.24) is 0 Å². The first kappa shape index (κ1) is 24.6. The molecule has 0 aliphatic carbocycles. The van der Waals surface area contributed by atoms with Crippen LogP contribution in [0.2, 0.25) is 0 Å². The monoisotopic (exact) mass is 432 g/mol. The minimum Gasteiger partial charge on any atom is -0.496 e. The quantitative estimate of drug-likeness (QED) is 0.280. The van der Waals surface area contributed by atoms with Crippen LogP contribution in [0.15, 0.2) is 42.5 Å². The lowest BCUT2D eigenvalue weighted by atomic mass is 9.93.